The summed E-state index contributed by atoms with van der Waals surface area (Å²) in [4.78, 5) is 24.0. The predicted octanol–water partition coefficient (Wildman–Crippen LogP) is 3.26. The number of benzene rings is 1. The summed E-state index contributed by atoms with van der Waals surface area (Å²) in [5.41, 5.74) is 2.01. The minimum Gasteiger partial charge on any atom is -0.379 e. The Labute approximate surface area is 231 Å². The van der Waals surface area contributed by atoms with Gasteiger partial charge in [0.1, 0.15) is 0 Å². The number of ether oxygens (including phenoxy) is 1. The van der Waals surface area contributed by atoms with Crippen molar-refractivity contribution in [3.8, 4) is 17.3 Å². The van der Waals surface area contributed by atoms with Crippen LogP contribution in [0.4, 0.5) is 11.6 Å². The van der Waals surface area contributed by atoms with Gasteiger partial charge < -0.3 is 14.2 Å². The number of likely N-dealkylation sites (tertiary alicyclic amines) is 1. The molecule has 1 aromatic carbocycles. The molecule has 2 aliphatic heterocycles. The molecule has 6 rings (SSSR count). The van der Waals surface area contributed by atoms with Crippen molar-refractivity contribution in [1.29, 1.82) is 5.26 Å². The molecule has 0 radical (unpaired) electrons. The first-order valence-corrected chi connectivity index (χ1v) is 13.3. The summed E-state index contributed by atoms with van der Waals surface area (Å²) >= 11 is 0. The van der Waals surface area contributed by atoms with Crippen molar-refractivity contribution in [2.24, 2.45) is 0 Å². The number of para-hydroxylation sites is 1. The van der Waals surface area contributed by atoms with Crippen LogP contribution in [0.3, 0.4) is 0 Å². The molecule has 2 saturated heterocycles. The smallest absolute Gasteiger partial charge is 0.292 e. The Morgan fingerprint density at radius 3 is 2.58 bits per heavy atom. The van der Waals surface area contributed by atoms with Crippen LogP contribution in [-0.2, 0) is 10.3 Å². The first-order chi connectivity index (χ1) is 19.7. The van der Waals surface area contributed by atoms with Crippen molar-refractivity contribution in [3.63, 3.8) is 0 Å². The summed E-state index contributed by atoms with van der Waals surface area (Å²) in [6, 6.07) is 15.8. The van der Waals surface area contributed by atoms with Gasteiger partial charge in [0.15, 0.2) is 0 Å². The standard InChI is InChI=1S/C28H29N9O3/c29-11-8-28(9-14-34(15-10-28)26(38)25-7-13-32-40-25)36-21-22(20-31-36)24-6-12-30-27(33-24)37(23-4-2-1-3-5-23)35-16-18-39-19-17-35/h1-7,12-13,20-21H,8-10,14-19H2. The lowest BCUT2D eigenvalue weighted by Gasteiger charge is -2.40. The van der Waals surface area contributed by atoms with Gasteiger partial charge in [0.25, 0.3) is 5.91 Å². The molecule has 0 bridgehead atoms. The molecule has 3 aromatic heterocycles. The van der Waals surface area contributed by atoms with E-state index in [1.54, 1.807) is 23.4 Å². The molecule has 2 aliphatic rings. The summed E-state index contributed by atoms with van der Waals surface area (Å²) in [6.07, 6.45) is 8.40. The van der Waals surface area contributed by atoms with Crippen molar-refractivity contribution >= 4 is 17.5 Å². The van der Waals surface area contributed by atoms with E-state index in [4.69, 9.17) is 14.2 Å². The molecule has 0 spiro atoms. The highest BCUT2D eigenvalue weighted by atomic mass is 16.5. The van der Waals surface area contributed by atoms with Crippen LogP contribution >= 0.6 is 0 Å². The van der Waals surface area contributed by atoms with Crippen LogP contribution in [0.25, 0.3) is 11.3 Å². The number of carbonyl (C=O) groups excluding carboxylic acids is 1. The maximum Gasteiger partial charge on any atom is 0.292 e. The molecule has 2 fully saturated rings. The number of rotatable bonds is 7. The SMILES string of the molecule is N#CCC1(n2cc(-c3ccnc(N(c4ccccc4)N4CCOCC4)n3)cn2)CCN(C(=O)c2ccno2)CC1. The summed E-state index contributed by atoms with van der Waals surface area (Å²) in [7, 11) is 0. The maximum absolute atomic E-state index is 12.7. The number of nitrogens with zero attached hydrogens (tertiary/aromatic N) is 9. The number of anilines is 2. The number of nitriles is 1. The summed E-state index contributed by atoms with van der Waals surface area (Å²) in [6.45, 7) is 3.70. The zero-order chi connectivity index (χ0) is 27.4. The lowest BCUT2D eigenvalue weighted by Crippen LogP contribution is -2.48. The summed E-state index contributed by atoms with van der Waals surface area (Å²) in [5, 5.41) is 22.2. The zero-order valence-electron chi connectivity index (χ0n) is 22.0. The quantitative estimate of drug-likeness (QED) is 0.345. The molecule has 4 aromatic rings. The number of morpholine rings is 1. The normalized spacial score (nSPS) is 17.3. The highest BCUT2D eigenvalue weighted by Crippen LogP contribution is 2.35. The van der Waals surface area contributed by atoms with E-state index in [0.29, 0.717) is 45.1 Å². The molecule has 0 unspecified atom stereocenters. The molecule has 40 heavy (non-hydrogen) atoms. The van der Waals surface area contributed by atoms with Crippen molar-refractivity contribution in [2.45, 2.75) is 24.8 Å². The van der Waals surface area contributed by atoms with Gasteiger partial charge in [0.05, 0.1) is 55.0 Å². The van der Waals surface area contributed by atoms with Crippen molar-refractivity contribution in [3.05, 3.63) is 73.0 Å². The van der Waals surface area contributed by atoms with Crippen LogP contribution in [0, 0.1) is 11.3 Å². The van der Waals surface area contributed by atoms with Gasteiger partial charge in [-0.15, -0.1) is 0 Å². The number of hydrogen-bond acceptors (Lipinski definition) is 10. The van der Waals surface area contributed by atoms with Crippen LogP contribution < -0.4 is 5.01 Å². The van der Waals surface area contributed by atoms with Crippen molar-refractivity contribution in [1.82, 2.24) is 34.8 Å². The molecular formula is C28H29N9O3. The van der Waals surface area contributed by atoms with Crippen LogP contribution in [0.15, 0.2) is 71.8 Å². The Balaban J connectivity index is 1.25. The third-order valence-corrected chi connectivity index (χ3v) is 7.51. The van der Waals surface area contributed by atoms with E-state index in [1.807, 2.05) is 52.3 Å². The van der Waals surface area contributed by atoms with Gasteiger partial charge in [0.2, 0.25) is 11.7 Å². The molecule has 204 valence electrons. The second-order valence-corrected chi connectivity index (χ2v) is 9.86. The second kappa shape index (κ2) is 11.3. The number of aromatic nitrogens is 5. The maximum atomic E-state index is 12.7. The second-order valence-electron chi connectivity index (χ2n) is 9.86. The van der Waals surface area contributed by atoms with Crippen LogP contribution in [0.1, 0.15) is 29.8 Å². The summed E-state index contributed by atoms with van der Waals surface area (Å²) in [5.74, 6) is 0.584. The first-order valence-electron chi connectivity index (χ1n) is 13.3. The number of piperidine rings is 1. The van der Waals surface area contributed by atoms with Gasteiger partial charge in [-0.05, 0) is 31.0 Å². The van der Waals surface area contributed by atoms with E-state index in [9.17, 15) is 10.1 Å². The lowest BCUT2D eigenvalue weighted by molar-refractivity contribution is 0.0371. The molecule has 0 atom stereocenters. The van der Waals surface area contributed by atoms with Gasteiger partial charge in [-0.25, -0.2) is 20.0 Å². The molecule has 0 aliphatic carbocycles. The average molecular weight is 540 g/mol. The highest BCUT2D eigenvalue weighted by molar-refractivity contribution is 5.91. The highest BCUT2D eigenvalue weighted by Gasteiger charge is 2.39. The number of amides is 1. The molecule has 12 heteroatoms. The number of hydrazine groups is 1. The van der Waals surface area contributed by atoms with E-state index in [1.165, 1.54) is 6.20 Å². The molecule has 0 N–H and O–H groups in total. The predicted molar refractivity (Wildman–Crippen MR) is 144 cm³/mol. The molecule has 0 saturated carbocycles. The summed E-state index contributed by atoms with van der Waals surface area (Å²) < 4.78 is 12.5. The fourth-order valence-electron chi connectivity index (χ4n) is 5.30. The van der Waals surface area contributed by atoms with E-state index in [2.05, 4.69) is 26.3 Å². The van der Waals surface area contributed by atoms with Crippen molar-refractivity contribution in [2.75, 3.05) is 44.4 Å². The molecule has 5 heterocycles. The van der Waals surface area contributed by atoms with Gasteiger partial charge in [-0.1, -0.05) is 23.4 Å². The minimum absolute atomic E-state index is 0.194. The van der Waals surface area contributed by atoms with Gasteiger partial charge in [-0.3, -0.25) is 9.48 Å². The Hall–Kier alpha value is -4.60. The fourth-order valence-corrected chi connectivity index (χ4v) is 5.30. The Bertz CT molecular complexity index is 1470. The number of hydrogen-bond donors (Lipinski definition) is 0. The molecule has 12 nitrogen and oxygen atoms in total. The Kier molecular flexibility index (Phi) is 7.22. The van der Waals surface area contributed by atoms with Crippen LogP contribution in [0.2, 0.25) is 0 Å². The first kappa shape index (κ1) is 25.7. The Morgan fingerprint density at radius 1 is 1.05 bits per heavy atom. The van der Waals surface area contributed by atoms with Gasteiger partial charge in [-0.2, -0.15) is 10.4 Å². The van der Waals surface area contributed by atoms with E-state index in [-0.39, 0.29) is 18.1 Å². The third-order valence-electron chi connectivity index (χ3n) is 7.51. The van der Waals surface area contributed by atoms with Crippen LogP contribution in [-0.4, -0.2) is 80.1 Å². The van der Waals surface area contributed by atoms with Gasteiger partial charge >= 0.3 is 0 Å². The van der Waals surface area contributed by atoms with E-state index < -0.39 is 5.54 Å². The zero-order valence-corrected chi connectivity index (χ0v) is 22.0. The van der Waals surface area contributed by atoms with Crippen LogP contribution in [0.5, 0.6) is 0 Å². The Morgan fingerprint density at radius 2 is 1.85 bits per heavy atom. The number of carbonyl (C=O) groups is 1. The van der Waals surface area contributed by atoms with Crippen molar-refractivity contribution < 1.29 is 14.1 Å². The third kappa shape index (κ3) is 5.04. The monoisotopic (exact) mass is 539 g/mol. The fraction of sp³-hybridized carbons (Fsp3) is 0.357. The van der Waals surface area contributed by atoms with Gasteiger partial charge in [0, 0.05) is 50.2 Å². The van der Waals surface area contributed by atoms with E-state index >= 15 is 0 Å². The molecule has 1 amide bonds. The average Bonchev–Trinajstić information content (AvgIpc) is 3.73. The minimum atomic E-state index is -0.523. The largest absolute Gasteiger partial charge is 0.379 e. The molecular weight excluding hydrogens is 510 g/mol. The lowest BCUT2D eigenvalue weighted by atomic mass is 9.85. The topological polar surface area (TPSA) is 129 Å². The van der Waals surface area contributed by atoms with E-state index in [0.717, 1.165) is 30.0 Å².